The smallest absolute Gasteiger partial charge is 0.261 e. The van der Waals surface area contributed by atoms with E-state index in [4.69, 9.17) is 11.6 Å². The Hall–Kier alpha value is -2.90. The highest BCUT2D eigenvalue weighted by Crippen LogP contribution is 2.19. The first-order valence-corrected chi connectivity index (χ1v) is 9.65. The molecule has 0 spiro atoms. The van der Waals surface area contributed by atoms with Crippen molar-refractivity contribution in [3.63, 3.8) is 0 Å². The first kappa shape index (κ1) is 18.9. The molecule has 8 heteroatoms. The molecule has 0 bridgehead atoms. The molecule has 0 aliphatic heterocycles. The Balaban J connectivity index is 1.81. The minimum Gasteiger partial charge on any atom is -0.322 e. The Morgan fingerprint density at radius 1 is 0.889 bits per heavy atom. The number of halogens is 2. The van der Waals surface area contributed by atoms with Gasteiger partial charge in [-0.3, -0.25) is 9.52 Å². The van der Waals surface area contributed by atoms with Crippen LogP contribution in [0.4, 0.5) is 15.8 Å². The lowest BCUT2D eigenvalue weighted by Gasteiger charge is -2.10. The average molecular weight is 405 g/mol. The molecule has 3 aromatic carbocycles. The van der Waals surface area contributed by atoms with Crippen molar-refractivity contribution in [3.05, 3.63) is 89.2 Å². The number of anilines is 2. The molecule has 0 fully saturated rings. The molecule has 0 saturated carbocycles. The lowest BCUT2D eigenvalue weighted by Crippen LogP contribution is -2.16. The summed E-state index contributed by atoms with van der Waals surface area (Å²) in [5.41, 5.74) is 0.868. The van der Waals surface area contributed by atoms with Gasteiger partial charge in [0, 0.05) is 22.0 Å². The normalized spacial score (nSPS) is 11.0. The molecular weight excluding hydrogens is 391 g/mol. The predicted octanol–water partition coefficient (Wildman–Crippen LogP) is 4.53. The van der Waals surface area contributed by atoms with E-state index in [1.54, 1.807) is 24.3 Å². The molecule has 1 amide bonds. The van der Waals surface area contributed by atoms with Crippen molar-refractivity contribution in [2.75, 3.05) is 10.0 Å². The van der Waals surface area contributed by atoms with Gasteiger partial charge in [-0.05, 0) is 60.7 Å². The van der Waals surface area contributed by atoms with E-state index >= 15 is 0 Å². The largest absolute Gasteiger partial charge is 0.322 e. The van der Waals surface area contributed by atoms with Crippen LogP contribution in [0.5, 0.6) is 0 Å². The number of carbonyl (C=O) groups is 1. The van der Waals surface area contributed by atoms with Crippen molar-refractivity contribution in [2.24, 2.45) is 0 Å². The first-order chi connectivity index (χ1) is 12.8. The van der Waals surface area contributed by atoms with Crippen LogP contribution < -0.4 is 10.0 Å². The third kappa shape index (κ3) is 4.84. The number of sulfonamides is 1. The predicted molar refractivity (Wildman–Crippen MR) is 103 cm³/mol. The number of rotatable bonds is 5. The molecule has 0 aliphatic carbocycles. The second kappa shape index (κ2) is 7.77. The molecule has 0 atom stereocenters. The highest BCUT2D eigenvalue weighted by Gasteiger charge is 2.17. The minimum absolute atomic E-state index is 0.0921. The number of amides is 1. The maximum absolute atomic E-state index is 13.0. The van der Waals surface area contributed by atoms with E-state index in [2.05, 4.69) is 10.0 Å². The summed E-state index contributed by atoms with van der Waals surface area (Å²) in [6.07, 6.45) is 0. The van der Waals surface area contributed by atoms with Crippen LogP contribution in [0, 0.1) is 5.82 Å². The lowest BCUT2D eigenvalue weighted by atomic mass is 10.2. The van der Waals surface area contributed by atoms with Crippen LogP contribution in [-0.4, -0.2) is 14.3 Å². The fourth-order valence-electron chi connectivity index (χ4n) is 2.31. The summed E-state index contributed by atoms with van der Waals surface area (Å²) in [7, 11) is -3.94. The molecule has 0 aromatic heterocycles. The van der Waals surface area contributed by atoms with E-state index in [0.717, 1.165) is 12.1 Å². The zero-order chi connectivity index (χ0) is 19.4. The Bertz CT molecular complexity index is 1090. The monoisotopic (exact) mass is 404 g/mol. The Kier molecular flexibility index (Phi) is 5.43. The summed E-state index contributed by atoms with van der Waals surface area (Å²) in [6, 6.07) is 17.1. The van der Waals surface area contributed by atoms with Gasteiger partial charge in [0.15, 0.2) is 0 Å². The van der Waals surface area contributed by atoms with Gasteiger partial charge in [-0.1, -0.05) is 23.7 Å². The summed E-state index contributed by atoms with van der Waals surface area (Å²) in [5, 5.41) is 3.12. The molecule has 0 saturated heterocycles. The zero-order valence-electron chi connectivity index (χ0n) is 13.8. The molecule has 5 nitrogen and oxygen atoms in total. The first-order valence-electron chi connectivity index (χ1n) is 7.79. The molecule has 0 aliphatic rings. The highest BCUT2D eigenvalue weighted by molar-refractivity contribution is 7.92. The lowest BCUT2D eigenvalue weighted by molar-refractivity contribution is 0.102. The van der Waals surface area contributed by atoms with Gasteiger partial charge >= 0.3 is 0 Å². The maximum Gasteiger partial charge on any atom is 0.261 e. The van der Waals surface area contributed by atoms with E-state index in [1.165, 1.54) is 36.4 Å². The Morgan fingerprint density at radius 3 is 2.30 bits per heavy atom. The molecule has 3 rings (SSSR count). The molecule has 3 aromatic rings. The van der Waals surface area contributed by atoms with Crippen molar-refractivity contribution < 1.29 is 17.6 Å². The van der Waals surface area contributed by atoms with Gasteiger partial charge in [-0.2, -0.15) is 0 Å². The Morgan fingerprint density at radius 2 is 1.59 bits per heavy atom. The van der Waals surface area contributed by atoms with Crippen LogP contribution in [-0.2, 0) is 10.0 Å². The minimum atomic E-state index is -3.94. The third-order valence-corrected chi connectivity index (χ3v) is 5.20. The van der Waals surface area contributed by atoms with Gasteiger partial charge < -0.3 is 5.32 Å². The number of benzene rings is 3. The number of carbonyl (C=O) groups excluding carboxylic acids is 1. The second-order valence-corrected chi connectivity index (χ2v) is 7.72. The van der Waals surface area contributed by atoms with E-state index in [-0.39, 0.29) is 16.1 Å². The summed E-state index contributed by atoms with van der Waals surface area (Å²) < 4.78 is 40.3. The van der Waals surface area contributed by atoms with Gasteiger partial charge in [-0.15, -0.1) is 0 Å². The van der Waals surface area contributed by atoms with Crippen molar-refractivity contribution in [3.8, 4) is 0 Å². The summed E-state index contributed by atoms with van der Waals surface area (Å²) in [6.45, 7) is 0. The van der Waals surface area contributed by atoms with Crippen molar-refractivity contribution in [1.82, 2.24) is 0 Å². The van der Waals surface area contributed by atoms with Crippen LogP contribution in [0.1, 0.15) is 10.4 Å². The van der Waals surface area contributed by atoms with E-state index in [1.807, 2.05) is 0 Å². The molecule has 138 valence electrons. The van der Waals surface area contributed by atoms with Crippen molar-refractivity contribution >= 4 is 38.9 Å². The molecule has 0 unspecified atom stereocenters. The van der Waals surface area contributed by atoms with Gasteiger partial charge in [0.25, 0.3) is 15.9 Å². The van der Waals surface area contributed by atoms with Crippen LogP contribution in [0.15, 0.2) is 77.7 Å². The van der Waals surface area contributed by atoms with E-state index < -0.39 is 21.7 Å². The van der Waals surface area contributed by atoms with E-state index in [0.29, 0.717) is 10.7 Å². The number of hydrogen-bond acceptors (Lipinski definition) is 3. The van der Waals surface area contributed by atoms with Gasteiger partial charge in [0.05, 0.1) is 4.90 Å². The molecular formula is C19H14ClFN2O3S. The molecule has 0 heterocycles. The SMILES string of the molecule is O=C(Nc1cccc(Cl)c1)c1cccc(S(=O)(=O)Nc2ccc(F)cc2)c1. The fourth-order valence-corrected chi connectivity index (χ4v) is 3.60. The van der Waals surface area contributed by atoms with Gasteiger partial charge in [-0.25, -0.2) is 12.8 Å². The number of nitrogens with one attached hydrogen (secondary N) is 2. The standard InChI is InChI=1S/C19H14ClFN2O3S/c20-14-4-2-5-17(12-14)22-19(24)13-3-1-6-18(11-13)27(25,26)23-16-9-7-15(21)8-10-16/h1-12,23H,(H,22,24). The summed E-state index contributed by atoms with van der Waals surface area (Å²) in [5.74, 6) is -0.950. The molecule has 0 radical (unpaired) electrons. The topological polar surface area (TPSA) is 75.3 Å². The van der Waals surface area contributed by atoms with Crippen LogP contribution in [0.25, 0.3) is 0 Å². The summed E-state index contributed by atoms with van der Waals surface area (Å²) in [4.78, 5) is 12.3. The number of hydrogen-bond donors (Lipinski definition) is 2. The zero-order valence-corrected chi connectivity index (χ0v) is 15.4. The highest BCUT2D eigenvalue weighted by atomic mass is 35.5. The van der Waals surface area contributed by atoms with Gasteiger partial charge in [0.1, 0.15) is 5.82 Å². The van der Waals surface area contributed by atoms with Crippen molar-refractivity contribution in [2.45, 2.75) is 4.90 Å². The Labute approximate surface area is 160 Å². The second-order valence-electron chi connectivity index (χ2n) is 5.60. The third-order valence-electron chi connectivity index (χ3n) is 3.59. The molecule has 27 heavy (non-hydrogen) atoms. The fraction of sp³-hybridized carbons (Fsp3) is 0. The average Bonchev–Trinajstić information content (AvgIpc) is 2.63. The maximum atomic E-state index is 13.0. The van der Waals surface area contributed by atoms with E-state index in [9.17, 15) is 17.6 Å². The summed E-state index contributed by atoms with van der Waals surface area (Å²) >= 11 is 5.88. The quantitative estimate of drug-likeness (QED) is 0.655. The van der Waals surface area contributed by atoms with Crippen LogP contribution in [0.3, 0.4) is 0 Å². The van der Waals surface area contributed by atoms with Crippen molar-refractivity contribution in [1.29, 1.82) is 0 Å². The molecule has 2 N–H and O–H groups in total. The van der Waals surface area contributed by atoms with Crippen LogP contribution in [0.2, 0.25) is 5.02 Å². The van der Waals surface area contributed by atoms with Crippen LogP contribution >= 0.6 is 11.6 Å². The van der Waals surface area contributed by atoms with Gasteiger partial charge in [0.2, 0.25) is 0 Å².